The lowest BCUT2D eigenvalue weighted by Gasteiger charge is -2.33. The lowest BCUT2D eigenvalue weighted by molar-refractivity contribution is -0.140. The predicted molar refractivity (Wildman–Crippen MR) is 156 cm³/mol. The van der Waals surface area contributed by atoms with E-state index in [1.54, 1.807) is 54.6 Å². The highest BCUT2D eigenvalue weighted by Crippen LogP contribution is 2.26. The smallest absolute Gasteiger partial charge is 0.264 e. The van der Waals surface area contributed by atoms with Gasteiger partial charge in [-0.3, -0.25) is 13.9 Å². The number of amides is 2. The Labute approximate surface area is 240 Å². The molecular formula is C29H33Cl2N3O4S. The molecule has 0 bridgehead atoms. The number of anilines is 1. The van der Waals surface area contributed by atoms with Gasteiger partial charge in [0.1, 0.15) is 12.6 Å². The molecule has 0 fully saturated rings. The number of hydrogen-bond acceptors (Lipinski definition) is 4. The zero-order valence-electron chi connectivity index (χ0n) is 22.2. The zero-order valence-corrected chi connectivity index (χ0v) is 24.5. The van der Waals surface area contributed by atoms with Crippen LogP contribution in [0, 0.1) is 5.92 Å². The molecule has 3 aromatic rings. The highest BCUT2D eigenvalue weighted by Gasteiger charge is 2.33. The molecule has 0 aliphatic heterocycles. The maximum Gasteiger partial charge on any atom is 0.264 e. The first-order valence-electron chi connectivity index (χ1n) is 12.7. The van der Waals surface area contributed by atoms with E-state index in [0.29, 0.717) is 34.3 Å². The highest BCUT2D eigenvalue weighted by molar-refractivity contribution is 7.92. The Balaban J connectivity index is 2.03. The second-order valence-electron chi connectivity index (χ2n) is 9.48. The van der Waals surface area contributed by atoms with Crippen LogP contribution in [0.3, 0.4) is 0 Å². The topological polar surface area (TPSA) is 86.8 Å². The molecule has 0 aliphatic carbocycles. The summed E-state index contributed by atoms with van der Waals surface area (Å²) < 4.78 is 28.6. The number of hydrogen-bond donors (Lipinski definition) is 1. The van der Waals surface area contributed by atoms with Gasteiger partial charge in [0, 0.05) is 23.1 Å². The van der Waals surface area contributed by atoms with Crippen molar-refractivity contribution >= 4 is 50.7 Å². The number of nitrogens with zero attached hydrogens (tertiary/aromatic N) is 2. The second kappa shape index (κ2) is 13.8. The standard InChI is InChI=1S/C29H33Cl2N3O4S/c1-4-27(29(36)32-18-21(2)3)33(19-22-10-8-9-13-26(22)31)28(35)20-34(24-11-6-5-7-12-24)39(37,38)25-16-14-23(30)15-17-25/h5-17,21,27H,4,18-20H2,1-3H3,(H,32,36). The molecule has 39 heavy (non-hydrogen) atoms. The summed E-state index contributed by atoms with van der Waals surface area (Å²) in [5, 5.41) is 3.74. The first-order chi connectivity index (χ1) is 18.5. The highest BCUT2D eigenvalue weighted by atomic mass is 35.5. The molecule has 0 spiro atoms. The van der Waals surface area contributed by atoms with Crippen LogP contribution in [0.15, 0.2) is 83.8 Å². The summed E-state index contributed by atoms with van der Waals surface area (Å²) in [4.78, 5) is 28.6. The quantitative estimate of drug-likeness (QED) is 0.290. The van der Waals surface area contributed by atoms with Crippen LogP contribution in [0.5, 0.6) is 0 Å². The van der Waals surface area contributed by atoms with Crippen LogP contribution in [0.25, 0.3) is 0 Å². The number of para-hydroxylation sites is 1. The Morgan fingerprint density at radius 2 is 1.51 bits per heavy atom. The van der Waals surface area contributed by atoms with Gasteiger partial charge in [-0.25, -0.2) is 8.42 Å². The second-order valence-corrected chi connectivity index (χ2v) is 12.2. The SMILES string of the molecule is CCC(C(=O)NCC(C)C)N(Cc1ccccc1Cl)C(=O)CN(c1ccccc1)S(=O)(=O)c1ccc(Cl)cc1. The fraction of sp³-hybridized carbons (Fsp3) is 0.310. The number of sulfonamides is 1. The van der Waals surface area contributed by atoms with Gasteiger partial charge >= 0.3 is 0 Å². The van der Waals surface area contributed by atoms with Crippen molar-refractivity contribution in [2.24, 2.45) is 5.92 Å². The monoisotopic (exact) mass is 589 g/mol. The third kappa shape index (κ3) is 7.97. The summed E-state index contributed by atoms with van der Waals surface area (Å²) >= 11 is 12.4. The van der Waals surface area contributed by atoms with Crippen LogP contribution in [0.2, 0.25) is 10.0 Å². The summed E-state index contributed by atoms with van der Waals surface area (Å²) in [6, 6.07) is 20.4. The number of carbonyl (C=O) groups is 2. The molecule has 0 saturated heterocycles. The molecule has 0 saturated carbocycles. The Morgan fingerprint density at radius 3 is 2.10 bits per heavy atom. The van der Waals surface area contributed by atoms with Gasteiger partial charge in [0.25, 0.3) is 10.0 Å². The number of carbonyl (C=O) groups excluding carboxylic acids is 2. The first-order valence-corrected chi connectivity index (χ1v) is 14.9. The van der Waals surface area contributed by atoms with Crippen LogP contribution in [0.1, 0.15) is 32.8 Å². The summed E-state index contributed by atoms with van der Waals surface area (Å²) in [6.07, 6.45) is 0.329. The molecule has 0 aliphatic rings. The van der Waals surface area contributed by atoms with Crippen molar-refractivity contribution in [2.75, 3.05) is 17.4 Å². The van der Waals surface area contributed by atoms with Gasteiger partial charge in [-0.15, -0.1) is 0 Å². The van der Waals surface area contributed by atoms with Gasteiger partial charge in [0.15, 0.2) is 0 Å². The van der Waals surface area contributed by atoms with Gasteiger partial charge in [0.2, 0.25) is 11.8 Å². The van der Waals surface area contributed by atoms with E-state index < -0.39 is 28.5 Å². The predicted octanol–water partition coefficient (Wildman–Crippen LogP) is 5.77. The first kappa shape index (κ1) is 30.5. The van der Waals surface area contributed by atoms with Crippen LogP contribution >= 0.6 is 23.2 Å². The number of halogens is 2. The minimum absolute atomic E-state index is 0.0112. The minimum Gasteiger partial charge on any atom is -0.354 e. The summed E-state index contributed by atoms with van der Waals surface area (Å²) in [7, 11) is -4.15. The molecule has 1 N–H and O–H groups in total. The number of nitrogens with one attached hydrogen (secondary N) is 1. The van der Waals surface area contributed by atoms with Crippen molar-refractivity contribution in [3.63, 3.8) is 0 Å². The lowest BCUT2D eigenvalue weighted by atomic mass is 10.1. The summed E-state index contributed by atoms with van der Waals surface area (Å²) in [6.45, 7) is 5.74. The fourth-order valence-electron chi connectivity index (χ4n) is 4.01. The van der Waals surface area contributed by atoms with Crippen molar-refractivity contribution in [3.05, 3.63) is 94.5 Å². The normalized spacial score (nSPS) is 12.2. The van der Waals surface area contributed by atoms with Crippen LogP contribution in [-0.2, 0) is 26.2 Å². The van der Waals surface area contributed by atoms with Crippen molar-refractivity contribution in [2.45, 2.75) is 44.7 Å². The van der Waals surface area contributed by atoms with Gasteiger partial charge in [-0.1, -0.05) is 80.4 Å². The Kier molecular flexibility index (Phi) is 10.8. The molecule has 10 heteroatoms. The molecule has 1 unspecified atom stereocenters. The van der Waals surface area contributed by atoms with Crippen LogP contribution in [-0.4, -0.2) is 44.3 Å². The van der Waals surface area contributed by atoms with E-state index in [1.807, 2.05) is 20.8 Å². The molecule has 3 rings (SSSR count). The average molecular weight is 591 g/mol. The molecule has 2 amide bonds. The van der Waals surface area contributed by atoms with Crippen molar-refractivity contribution in [1.82, 2.24) is 10.2 Å². The lowest BCUT2D eigenvalue weighted by Crippen LogP contribution is -2.52. The van der Waals surface area contributed by atoms with Crippen molar-refractivity contribution in [1.29, 1.82) is 0 Å². The number of rotatable bonds is 12. The summed E-state index contributed by atoms with van der Waals surface area (Å²) in [5.74, 6) is -0.626. The molecule has 208 valence electrons. The molecule has 1 atom stereocenters. The Bertz CT molecular complexity index is 1370. The van der Waals surface area contributed by atoms with Gasteiger partial charge in [0.05, 0.1) is 10.6 Å². The minimum atomic E-state index is -4.15. The Morgan fingerprint density at radius 1 is 0.897 bits per heavy atom. The molecular weight excluding hydrogens is 557 g/mol. The van der Waals surface area contributed by atoms with E-state index in [2.05, 4.69) is 5.32 Å². The molecule has 7 nitrogen and oxygen atoms in total. The molecule has 0 radical (unpaired) electrons. The van der Waals surface area contributed by atoms with Gasteiger partial charge < -0.3 is 10.2 Å². The third-order valence-electron chi connectivity index (χ3n) is 6.09. The van der Waals surface area contributed by atoms with Crippen LogP contribution in [0.4, 0.5) is 5.69 Å². The average Bonchev–Trinajstić information content (AvgIpc) is 2.92. The fourth-order valence-corrected chi connectivity index (χ4v) is 5.74. The van der Waals surface area contributed by atoms with Gasteiger partial charge in [-0.05, 0) is 60.4 Å². The van der Waals surface area contributed by atoms with E-state index >= 15 is 0 Å². The molecule has 3 aromatic carbocycles. The van der Waals surface area contributed by atoms with Crippen molar-refractivity contribution in [3.8, 4) is 0 Å². The van der Waals surface area contributed by atoms with E-state index in [0.717, 1.165) is 4.31 Å². The largest absolute Gasteiger partial charge is 0.354 e. The number of benzene rings is 3. The maximum atomic E-state index is 14.0. The van der Waals surface area contributed by atoms with E-state index in [9.17, 15) is 18.0 Å². The molecule has 0 aromatic heterocycles. The summed E-state index contributed by atoms with van der Waals surface area (Å²) in [5.41, 5.74) is 0.963. The van der Waals surface area contributed by atoms with E-state index in [1.165, 1.54) is 29.2 Å². The van der Waals surface area contributed by atoms with Crippen LogP contribution < -0.4 is 9.62 Å². The van der Waals surface area contributed by atoms with E-state index in [4.69, 9.17) is 23.2 Å². The van der Waals surface area contributed by atoms with E-state index in [-0.39, 0.29) is 23.3 Å². The van der Waals surface area contributed by atoms with Gasteiger partial charge in [-0.2, -0.15) is 0 Å². The Hall–Kier alpha value is -3.07. The zero-order chi connectivity index (χ0) is 28.6. The maximum absolute atomic E-state index is 14.0. The van der Waals surface area contributed by atoms with Crippen molar-refractivity contribution < 1.29 is 18.0 Å². The third-order valence-corrected chi connectivity index (χ3v) is 8.50. The molecule has 0 heterocycles.